The van der Waals surface area contributed by atoms with E-state index in [9.17, 15) is 8.42 Å². The van der Waals surface area contributed by atoms with Crippen molar-refractivity contribution in [3.8, 4) is 0 Å². The van der Waals surface area contributed by atoms with Crippen LogP contribution in [0.4, 0.5) is 5.69 Å². The predicted octanol–water partition coefficient (Wildman–Crippen LogP) is 2.83. The molecular weight excluding hydrogens is 310 g/mol. The Bertz CT molecular complexity index is 720. The van der Waals surface area contributed by atoms with Gasteiger partial charge in [-0.1, -0.05) is 41.9 Å². The fourth-order valence-corrected chi connectivity index (χ4v) is 2.94. The van der Waals surface area contributed by atoms with Gasteiger partial charge in [-0.25, -0.2) is 4.98 Å². The van der Waals surface area contributed by atoms with Gasteiger partial charge >= 0.3 is 10.2 Å². The fraction of sp³-hybridized carbons (Fsp3) is 0.214. The molecule has 0 aliphatic heterocycles. The van der Waals surface area contributed by atoms with E-state index in [1.807, 2.05) is 30.3 Å². The van der Waals surface area contributed by atoms with E-state index in [1.165, 1.54) is 11.4 Å². The van der Waals surface area contributed by atoms with Crippen LogP contribution in [0.15, 0.2) is 42.5 Å². The topological polar surface area (TPSA) is 62.3 Å². The number of benzene rings is 1. The second kappa shape index (κ2) is 6.43. The third kappa shape index (κ3) is 4.17. The van der Waals surface area contributed by atoms with Crippen LogP contribution >= 0.6 is 11.6 Å². The zero-order valence-electron chi connectivity index (χ0n) is 11.7. The first kappa shape index (κ1) is 15.8. The highest BCUT2D eigenvalue weighted by atomic mass is 35.5. The Morgan fingerprint density at radius 3 is 2.48 bits per heavy atom. The monoisotopic (exact) mass is 325 g/mol. The van der Waals surface area contributed by atoms with Crippen molar-refractivity contribution in [1.29, 1.82) is 0 Å². The van der Waals surface area contributed by atoms with Crippen LogP contribution < -0.4 is 4.72 Å². The molecule has 2 aromatic rings. The van der Waals surface area contributed by atoms with Gasteiger partial charge in [0.15, 0.2) is 0 Å². The summed E-state index contributed by atoms with van der Waals surface area (Å²) in [6.07, 6.45) is 0. The lowest BCUT2D eigenvalue weighted by Gasteiger charge is -2.19. The molecule has 0 fully saturated rings. The van der Waals surface area contributed by atoms with Crippen molar-refractivity contribution in [2.75, 3.05) is 11.8 Å². The van der Waals surface area contributed by atoms with E-state index in [0.29, 0.717) is 16.5 Å². The quantitative estimate of drug-likeness (QED) is 0.860. The molecule has 2 rings (SSSR count). The molecule has 1 aromatic carbocycles. The van der Waals surface area contributed by atoms with Gasteiger partial charge in [0.1, 0.15) is 5.15 Å². The minimum Gasteiger partial charge on any atom is -0.269 e. The van der Waals surface area contributed by atoms with Crippen molar-refractivity contribution >= 4 is 27.5 Å². The second-order valence-electron chi connectivity index (χ2n) is 4.62. The number of hydrogen-bond acceptors (Lipinski definition) is 3. The number of hydrogen-bond donors (Lipinski definition) is 1. The van der Waals surface area contributed by atoms with Crippen molar-refractivity contribution in [2.24, 2.45) is 0 Å². The van der Waals surface area contributed by atoms with E-state index >= 15 is 0 Å². The molecule has 7 heteroatoms. The molecule has 0 spiro atoms. The Labute approximate surface area is 129 Å². The summed E-state index contributed by atoms with van der Waals surface area (Å²) >= 11 is 5.76. The van der Waals surface area contributed by atoms with Crippen molar-refractivity contribution in [2.45, 2.75) is 13.5 Å². The number of anilines is 1. The van der Waals surface area contributed by atoms with Gasteiger partial charge in [0.25, 0.3) is 0 Å². The maximum absolute atomic E-state index is 12.3. The molecular formula is C14H16ClN3O2S. The third-order valence-corrected chi connectivity index (χ3v) is 4.59. The predicted molar refractivity (Wildman–Crippen MR) is 84.4 cm³/mol. The van der Waals surface area contributed by atoms with Crippen molar-refractivity contribution < 1.29 is 8.42 Å². The zero-order chi connectivity index (χ0) is 15.5. The SMILES string of the molecule is Cc1nc(Cl)ccc1NS(=O)(=O)N(C)Cc1ccccc1. The Morgan fingerprint density at radius 1 is 1.19 bits per heavy atom. The van der Waals surface area contributed by atoms with Gasteiger partial charge in [-0.3, -0.25) is 4.72 Å². The van der Waals surface area contributed by atoms with Crippen LogP contribution in [0.3, 0.4) is 0 Å². The minimum atomic E-state index is -3.65. The van der Waals surface area contributed by atoms with Crippen LogP contribution in [0, 0.1) is 6.92 Å². The summed E-state index contributed by atoms with van der Waals surface area (Å²) in [6, 6.07) is 12.5. The van der Waals surface area contributed by atoms with Crippen molar-refractivity contribution in [1.82, 2.24) is 9.29 Å². The molecule has 0 amide bonds. The molecule has 1 N–H and O–H groups in total. The van der Waals surface area contributed by atoms with E-state index in [2.05, 4.69) is 9.71 Å². The van der Waals surface area contributed by atoms with Gasteiger partial charge < -0.3 is 0 Å². The van der Waals surface area contributed by atoms with Crippen molar-refractivity contribution in [3.63, 3.8) is 0 Å². The van der Waals surface area contributed by atoms with Crippen LogP contribution in [0.2, 0.25) is 5.15 Å². The third-order valence-electron chi connectivity index (χ3n) is 2.95. The lowest BCUT2D eigenvalue weighted by Crippen LogP contribution is -2.32. The Kier molecular flexibility index (Phi) is 4.82. The van der Waals surface area contributed by atoms with Crippen LogP contribution in [0.5, 0.6) is 0 Å². The summed E-state index contributed by atoms with van der Waals surface area (Å²) < 4.78 is 28.3. The molecule has 5 nitrogen and oxygen atoms in total. The first-order valence-electron chi connectivity index (χ1n) is 6.29. The van der Waals surface area contributed by atoms with E-state index < -0.39 is 10.2 Å². The number of nitrogens with zero attached hydrogens (tertiary/aromatic N) is 2. The highest BCUT2D eigenvalue weighted by molar-refractivity contribution is 7.90. The van der Waals surface area contributed by atoms with E-state index in [-0.39, 0.29) is 6.54 Å². The van der Waals surface area contributed by atoms with Crippen LogP contribution in [0.1, 0.15) is 11.3 Å². The summed E-state index contributed by atoms with van der Waals surface area (Å²) in [5, 5.41) is 0.327. The van der Waals surface area contributed by atoms with Gasteiger partial charge in [0.2, 0.25) is 0 Å². The molecule has 0 bridgehead atoms. The van der Waals surface area contributed by atoms with Gasteiger partial charge in [-0.05, 0) is 24.6 Å². The molecule has 0 radical (unpaired) electrons. The molecule has 0 saturated heterocycles. The smallest absolute Gasteiger partial charge is 0.269 e. The molecule has 21 heavy (non-hydrogen) atoms. The molecule has 0 saturated carbocycles. The number of nitrogens with one attached hydrogen (secondary N) is 1. The average molecular weight is 326 g/mol. The number of halogens is 1. The zero-order valence-corrected chi connectivity index (χ0v) is 13.3. The minimum absolute atomic E-state index is 0.288. The highest BCUT2D eigenvalue weighted by Crippen LogP contribution is 2.18. The Hall–Kier alpha value is -1.63. The fourth-order valence-electron chi connectivity index (χ4n) is 1.78. The summed E-state index contributed by atoms with van der Waals surface area (Å²) in [6.45, 7) is 1.98. The van der Waals surface area contributed by atoms with E-state index in [4.69, 9.17) is 11.6 Å². The van der Waals surface area contributed by atoms with Gasteiger partial charge in [-0.15, -0.1) is 0 Å². The largest absolute Gasteiger partial charge is 0.301 e. The summed E-state index contributed by atoms with van der Waals surface area (Å²) in [5.74, 6) is 0. The highest BCUT2D eigenvalue weighted by Gasteiger charge is 2.19. The second-order valence-corrected chi connectivity index (χ2v) is 6.78. The van der Waals surface area contributed by atoms with Crippen LogP contribution in [-0.2, 0) is 16.8 Å². The first-order valence-corrected chi connectivity index (χ1v) is 8.11. The molecule has 112 valence electrons. The first-order chi connectivity index (χ1) is 9.88. The summed E-state index contributed by atoms with van der Waals surface area (Å²) in [7, 11) is -2.12. The van der Waals surface area contributed by atoms with E-state index in [0.717, 1.165) is 5.56 Å². The number of aromatic nitrogens is 1. The Morgan fingerprint density at radius 2 is 1.86 bits per heavy atom. The molecule has 0 atom stereocenters. The van der Waals surface area contributed by atoms with Crippen LogP contribution in [-0.4, -0.2) is 24.8 Å². The number of pyridine rings is 1. The lowest BCUT2D eigenvalue weighted by molar-refractivity contribution is 0.471. The lowest BCUT2D eigenvalue weighted by atomic mass is 10.2. The van der Waals surface area contributed by atoms with Crippen molar-refractivity contribution in [3.05, 3.63) is 58.9 Å². The number of aryl methyl sites for hydroxylation is 1. The molecule has 1 aromatic heterocycles. The van der Waals surface area contributed by atoms with Gasteiger partial charge in [0.05, 0.1) is 11.4 Å². The number of rotatable bonds is 5. The summed E-state index contributed by atoms with van der Waals surface area (Å²) in [4.78, 5) is 4.02. The van der Waals surface area contributed by atoms with Gasteiger partial charge in [-0.2, -0.15) is 12.7 Å². The maximum atomic E-state index is 12.3. The van der Waals surface area contributed by atoms with E-state index in [1.54, 1.807) is 19.1 Å². The van der Waals surface area contributed by atoms with Crippen LogP contribution in [0.25, 0.3) is 0 Å². The Balaban J connectivity index is 2.14. The normalized spacial score (nSPS) is 11.6. The molecule has 0 unspecified atom stereocenters. The molecule has 0 aliphatic carbocycles. The molecule has 1 heterocycles. The van der Waals surface area contributed by atoms with Gasteiger partial charge in [0, 0.05) is 13.6 Å². The average Bonchev–Trinajstić information content (AvgIpc) is 2.43. The summed E-state index contributed by atoms with van der Waals surface area (Å²) in [5.41, 5.74) is 1.86. The standard InChI is InChI=1S/C14H16ClN3O2S/c1-11-13(8-9-14(15)16-11)17-21(19,20)18(2)10-12-6-4-3-5-7-12/h3-9,17H,10H2,1-2H3. The molecule has 0 aliphatic rings. The maximum Gasteiger partial charge on any atom is 0.301 e.